The molecule has 1 atom stereocenters. The standard InChI is InChI=1S/C10H20N2O/c1-3-4-7-13-8-5-6-10(2,12)9-11/h3-8,12H2,1-2H3. The average Bonchev–Trinajstić information content (AvgIpc) is 2.11. The molecule has 0 saturated heterocycles. The second-order valence-corrected chi connectivity index (χ2v) is 3.60. The summed E-state index contributed by atoms with van der Waals surface area (Å²) in [7, 11) is 0. The van der Waals surface area contributed by atoms with Crippen molar-refractivity contribution in [3.63, 3.8) is 0 Å². The fraction of sp³-hybridized carbons (Fsp3) is 0.900. The second-order valence-electron chi connectivity index (χ2n) is 3.60. The predicted octanol–water partition coefficient (Wildman–Crippen LogP) is 1.82. The molecule has 0 aliphatic carbocycles. The molecular weight excluding hydrogens is 164 g/mol. The van der Waals surface area contributed by atoms with E-state index in [-0.39, 0.29) is 0 Å². The first kappa shape index (κ1) is 12.4. The minimum absolute atomic E-state index is 0.686. The van der Waals surface area contributed by atoms with Crippen LogP contribution in [-0.2, 0) is 4.74 Å². The molecule has 0 aromatic heterocycles. The third kappa shape index (κ3) is 7.76. The van der Waals surface area contributed by atoms with Crippen molar-refractivity contribution < 1.29 is 4.74 Å². The van der Waals surface area contributed by atoms with Gasteiger partial charge in [0.1, 0.15) is 5.54 Å². The number of hydrogen-bond donors (Lipinski definition) is 1. The normalized spacial score (nSPS) is 14.9. The minimum Gasteiger partial charge on any atom is -0.381 e. The molecule has 13 heavy (non-hydrogen) atoms. The highest BCUT2D eigenvalue weighted by molar-refractivity contribution is 5.00. The van der Waals surface area contributed by atoms with Crippen LogP contribution in [0, 0.1) is 11.3 Å². The number of nitrogens with two attached hydrogens (primary N) is 1. The van der Waals surface area contributed by atoms with Gasteiger partial charge in [-0.25, -0.2) is 0 Å². The lowest BCUT2D eigenvalue weighted by atomic mass is 10.00. The first-order chi connectivity index (χ1) is 6.12. The Bertz CT molecular complexity index is 161. The van der Waals surface area contributed by atoms with Crippen LogP contribution in [0.25, 0.3) is 0 Å². The van der Waals surface area contributed by atoms with Gasteiger partial charge in [-0.2, -0.15) is 5.26 Å². The molecule has 0 saturated carbocycles. The molecule has 0 spiro atoms. The highest BCUT2D eigenvalue weighted by Gasteiger charge is 2.15. The van der Waals surface area contributed by atoms with Gasteiger partial charge in [0.25, 0.3) is 0 Å². The Balaban J connectivity index is 3.22. The van der Waals surface area contributed by atoms with E-state index in [1.165, 1.54) is 0 Å². The van der Waals surface area contributed by atoms with Gasteiger partial charge in [-0.3, -0.25) is 0 Å². The molecule has 0 rings (SSSR count). The van der Waals surface area contributed by atoms with Gasteiger partial charge in [-0.1, -0.05) is 13.3 Å². The fourth-order valence-electron chi connectivity index (χ4n) is 0.946. The van der Waals surface area contributed by atoms with Gasteiger partial charge < -0.3 is 10.5 Å². The van der Waals surface area contributed by atoms with Crippen molar-refractivity contribution in [3.05, 3.63) is 0 Å². The first-order valence-corrected chi connectivity index (χ1v) is 4.90. The molecule has 0 aliphatic heterocycles. The van der Waals surface area contributed by atoms with E-state index in [1.54, 1.807) is 6.92 Å². The number of hydrogen-bond acceptors (Lipinski definition) is 3. The predicted molar refractivity (Wildman–Crippen MR) is 53.2 cm³/mol. The summed E-state index contributed by atoms with van der Waals surface area (Å²) in [6, 6.07) is 2.07. The molecule has 3 heteroatoms. The van der Waals surface area contributed by atoms with Gasteiger partial charge >= 0.3 is 0 Å². The lowest BCUT2D eigenvalue weighted by Gasteiger charge is -2.14. The number of unbranched alkanes of at least 4 members (excludes halogenated alkanes) is 1. The first-order valence-electron chi connectivity index (χ1n) is 4.90. The van der Waals surface area contributed by atoms with E-state index >= 15 is 0 Å². The molecule has 0 fully saturated rings. The zero-order valence-electron chi connectivity index (χ0n) is 8.68. The van der Waals surface area contributed by atoms with Crippen LogP contribution in [0.3, 0.4) is 0 Å². The molecule has 0 bridgehead atoms. The van der Waals surface area contributed by atoms with Crippen LogP contribution in [0.4, 0.5) is 0 Å². The van der Waals surface area contributed by atoms with Crippen LogP contribution in [0.5, 0.6) is 0 Å². The number of nitrogens with zero attached hydrogens (tertiary/aromatic N) is 1. The van der Waals surface area contributed by atoms with Crippen LogP contribution >= 0.6 is 0 Å². The van der Waals surface area contributed by atoms with Crippen molar-refractivity contribution in [3.8, 4) is 6.07 Å². The summed E-state index contributed by atoms with van der Waals surface area (Å²) in [5, 5.41) is 8.62. The fourth-order valence-corrected chi connectivity index (χ4v) is 0.946. The number of rotatable bonds is 7. The van der Waals surface area contributed by atoms with E-state index in [9.17, 15) is 0 Å². The summed E-state index contributed by atoms with van der Waals surface area (Å²) in [4.78, 5) is 0. The Hall–Kier alpha value is -0.590. The Morgan fingerprint density at radius 3 is 2.54 bits per heavy atom. The maximum Gasteiger partial charge on any atom is 0.101 e. The molecule has 0 aliphatic rings. The van der Waals surface area contributed by atoms with Gasteiger partial charge in [-0.05, 0) is 26.2 Å². The van der Waals surface area contributed by atoms with Crippen molar-refractivity contribution >= 4 is 0 Å². The molecule has 76 valence electrons. The van der Waals surface area contributed by atoms with Gasteiger partial charge in [0.05, 0.1) is 6.07 Å². The highest BCUT2D eigenvalue weighted by Crippen LogP contribution is 2.06. The van der Waals surface area contributed by atoms with Crippen LogP contribution in [0.2, 0.25) is 0 Å². The molecule has 3 nitrogen and oxygen atoms in total. The molecule has 1 unspecified atom stereocenters. The van der Waals surface area contributed by atoms with Crippen molar-refractivity contribution in [1.82, 2.24) is 0 Å². The third-order valence-corrected chi connectivity index (χ3v) is 1.88. The van der Waals surface area contributed by atoms with Crippen molar-refractivity contribution in [2.24, 2.45) is 5.73 Å². The van der Waals surface area contributed by atoms with Crippen LogP contribution in [0.15, 0.2) is 0 Å². The highest BCUT2D eigenvalue weighted by atomic mass is 16.5. The average molecular weight is 184 g/mol. The molecular formula is C10H20N2O. The Morgan fingerprint density at radius 2 is 2.00 bits per heavy atom. The number of ether oxygens (including phenoxy) is 1. The van der Waals surface area contributed by atoms with E-state index in [2.05, 4.69) is 13.0 Å². The van der Waals surface area contributed by atoms with Crippen LogP contribution < -0.4 is 5.73 Å². The zero-order chi connectivity index (χ0) is 10.2. The van der Waals surface area contributed by atoms with Crippen molar-refractivity contribution in [2.75, 3.05) is 13.2 Å². The maximum atomic E-state index is 8.62. The minimum atomic E-state index is -0.686. The Morgan fingerprint density at radius 1 is 1.38 bits per heavy atom. The summed E-state index contributed by atoms with van der Waals surface area (Å²) in [5.41, 5.74) is 4.95. The van der Waals surface area contributed by atoms with E-state index in [0.717, 1.165) is 25.9 Å². The third-order valence-electron chi connectivity index (χ3n) is 1.88. The van der Waals surface area contributed by atoms with Gasteiger partial charge in [0.2, 0.25) is 0 Å². The van der Waals surface area contributed by atoms with Gasteiger partial charge in [0.15, 0.2) is 0 Å². The quantitative estimate of drug-likeness (QED) is 0.614. The summed E-state index contributed by atoms with van der Waals surface area (Å²) in [6.45, 7) is 5.42. The van der Waals surface area contributed by atoms with Crippen LogP contribution in [-0.4, -0.2) is 18.8 Å². The molecule has 0 aromatic carbocycles. The summed E-state index contributed by atoms with van der Waals surface area (Å²) >= 11 is 0. The van der Waals surface area contributed by atoms with E-state index in [1.807, 2.05) is 0 Å². The Kier molecular flexibility index (Phi) is 6.56. The van der Waals surface area contributed by atoms with Gasteiger partial charge in [-0.15, -0.1) is 0 Å². The Labute approximate surface area is 80.9 Å². The van der Waals surface area contributed by atoms with E-state index in [4.69, 9.17) is 15.7 Å². The molecule has 0 radical (unpaired) electrons. The van der Waals surface area contributed by atoms with Crippen molar-refractivity contribution in [1.29, 1.82) is 5.26 Å². The van der Waals surface area contributed by atoms with E-state index < -0.39 is 5.54 Å². The maximum absolute atomic E-state index is 8.62. The molecule has 0 heterocycles. The topological polar surface area (TPSA) is 59.0 Å². The summed E-state index contributed by atoms with van der Waals surface area (Å²) < 4.78 is 5.35. The molecule has 0 aromatic rings. The molecule has 2 N–H and O–H groups in total. The smallest absolute Gasteiger partial charge is 0.101 e. The summed E-state index contributed by atoms with van der Waals surface area (Å²) in [6.07, 6.45) is 3.84. The zero-order valence-corrected chi connectivity index (χ0v) is 8.68. The largest absolute Gasteiger partial charge is 0.381 e. The van der Waals surface area contributed by atoms with Crippen LogP contribution in [0.1, 0.15) is 39.5 Å². The monoisotopic (exact) mass is 184 g/mol. The van der Waals surface area contributed by atoms with Gasteiger partial charge in [0, 0.05) is 13.2 Å². The van der Waals surface area contributed by atoms with E-state index in [0.29, 0.717) is 13.0 Å². The van der Waals surface area contributed by atoms with Crippen molar-refractivity contribution in [2.45, 2.75) is 45.1 Å². The second kappa shape index (κ2) is 6.88. The number of nitriles is 1. The lowest BCUT2D eigenvalue weighted by molar-refractivity contribution is 0.125. The molecule has 0 amide bonds. The summed E-state index contributed by atoms with van der Waals surface area (Å²) in [5.74, 6) is 0. The SMILES string of the molecule is CCCCOCCCC(C)(N)C#N. The lowest BCUT2D eigenvalue weighted by Crippen LogP contribution is -2.34.